The standard InChI is InChI=1S/C13H19N3/c1-3-4-5-8-11-12(14)15-13-10(2)7-6-9-16(11)13/h6-7,9H,3-5,8,14H2,1-2H3. The van der Waals surface area contributed by atoms with Crippen molar-refractivity contribution in [1.29, 1.82) is 0 Å². The minimum atomic E-state index is 0.686. The van der Waals surface area contributed by atoms with Gasteiger partial charge in [0.15, 0.2) is 0 Å². The van der Waals surface area contributed by atoms with Gasteiger partial charge in [-0.1, -0.05) is 25.8 Å². The Balaban J connectivity index is 2.36. The summed E-state index contributed by atoms with van der Waals surface area (Å²) in [5.41, 5.74) is 9.30. The van der Waals surface area contributed by atoms with Gasteiger partial charge in [-0.25, -0.2) is 4.98 Å². The van der Waals surface area contributed by atoms with Gasteiger partial charge in [-0.15, -0.1) is 0 Å². The minimum absolute atomic E-state index is 0.686. The summed E-state index contributed by atoms with van der Waals surface area (Å²) < 4.78 is 2.13. The van der Waals surface area contributed by atoms with E-state index in [4.69, 9.17) is 5.73 Å². The van der Waals surface area contributed by atoms with E-state index >= 15 is 0 Å². The number of fused-ring (bicyclic) bond motifs is 1. The third-order valence-corrected chi connectivity index (χ3v) is 2.99. The van der Waals surface area contributed by atoms with Crippen molar-refractivity contribution in [3.8, 4) is 0 Å². The lowest BCUT2D eigenvalue weighted by Gasteiger charge is -2.02. The Labute approximate surface area is 96.3 Å². The molecule has 0 aliphatic rings. The molecule has 3 nitrogen and oxygen atoms in total. The quantitative estimate of drug-likeness (QED) is 0.800. The Hall–Kier alpha value is -1.51. The number of nitrogens with zero attached hydrogens (tertiary/aromatic N) is 2. The van der Waals surface area contributed by atoms with Crippen LogP contribution in [0.2, 0.25) is 0 Å². The number of pyridine rings is 1. The molecule has 0 bridgehead atoms. The first-order chi connectivity index (χ1) is 7.74. The second-order valence-corrected chi connectivity index (χ2v) is 4.29. The molecule has 0 radical (unpaired) electrons. The van der Waals surface area contributed by atoms with Crippen LogP contribution in [-0.2, 0) is 6.42 Å². The Bertz CT molecular complexity index is 485. The maximum Gasteiger partial charge on any atom is 0.145 e. The number of hydrogen-bond donors (Lipinski definition) is 1. The highest BCUT2D eigenvalue weighted by molar-refractivity contribution is 5.56. The van der Waals surface area contributed by atoms with Gasteiger partial charge < -0.3 is 10.1 Å². The second kappa shape index (κ2) is 4.56. The molecule has 0 atom stereocenters. The SMILES string of the molecule is CCCCCc1c(N)nc2c(C)cccn12. The van der Waals surface area contributed by atoms with Crippen LogP contribution >= 0.6 is 0 Å². The van der Waals surface area contributed by atoms with Crippen LogP contribution < -0.4 is 5.73 Å². The van der Waals surface area contributed by atoms with Crippen molar-refractivity contribution >= 4 is 11.5 Å². The molecule has 2 aromatic heterocycles. The zero-order valence-electron chi connectivity index (χ0n) is 10.0. The summed E-state index contributed by atoms with van der Waals surface area (Å²) in [6.45, 7) is 4.28. The van der Waals surface area contributed by atoms with E-state index in [1.165, 1.54) is 24.8 Å². The Kier molecular flexibility index (Phi) is 3.13. The molecule has 0 aromatic carbocycles. The largest absolute Gasteiger partial charge is 0.382 e. The molecule has 0 saturated carbocycles. The zero-order valence-corrected chi connectivity index (χ0v) is 10.0. The fraction of sp³-hybridized carbons (Fsp3) is 0.462. The summed E-state index contributed by atoms with van der Waals surface area (Å²) >= 11 is 0. The highest BCUT2D eigenvalue weighted by Crippen LogP contribution is 2.19. The number of anilines is 1. The molecule has 2 aromatic rings. The van der Waals surface area contributed by atoms with Crippen LogP contribution in [0, 0.1) is 6.92 Å². The molecule has 2 rings (SSSR count). The van der Waals surface area contributed by atoms with Crippen molar-refractivity contribution in [1.82, 2.24) is 9.38 Å². The van der Waals surface area contributed by atoms with Crippen LogP contribution in [0.4, 0.5) is 5.82 Å². The van der Waals surface area contributed by atoms with Gasteiger partial charge in [-0.05, 0) is 31.4 Å². The average Bonchev–Trinajstić information content (AvgIpc) is 2.58. The van der Waals surface area contributed by atoms with Crippen LogP contribution in [0.3, 0.4) is 0 Å². The number of nitrogen functional groups attached to an aromatic ring is 1. The maximum atomic E-state index is 5.97. The zero-order chi connectivity index (χ0) is 11.5. The Morgan fingerprint density at radius 2 is 2.19 bits per heavy atom. The van der Waals surface area contributed by atoms with Gasteiger partial charge in [0.2, 0.25) is 0 Å². The smallest absolute Gasteiger partial charge is 0.145 e. The van der Waals surface area contributed by atoms with Crippen LogP contribution in [-0.4, -0.2) is 9.38 Å². The summed E-state index contributed by atoms with van der Waals surface area (Å²) in [4.78, 5) is 4.43. The van der Waals surface area contributed by atoms with Crippen LogP contribution in [0.5, 0.6) is 0 Å². The van der Waals surface area contributed by atoms with Gasteiger partial charge in [0.1, 0.15) is 11.5 Å². The number of imidazole rings is 1. The first-order valence-corrected chi connectivity index (χ1v) is 5.96. The number of rotatable bonds is 4. The van der Waals surface area contributed by atoms with Crippen LogP contribution in [0.25, 0.3) is 5.65 Å². The number of hydrogen-bond acceptors (Lipinski definition) is 2. The van der Waals surface area contributed by atoms with Crippen molar-refractivity contribution < 1.29 is 0 Å². The van der Waals surface area contributed by atoms with Gasteiger partial charge in [0.05, 0.1) is 5.69 Å². The summed E-state index contributed by atoms with van der Waals surface area (Å²) in [5.74, 6) is 0.686. The topological polar surface area (TPSA) is 43.3 Å². The second-order valence-electron chi connectivity index (χ2n) is 4.29. The molecule has 2 heterocycles. The fourth-order valence-electron chi connectivity index (χ4n) is 2.06. The molecule has 16 heavy (non-hydrogen) atoms. The third-order valence-electron chi connectivity index (χ3n) is 2.99. The lowest BCUT2D eigenvalue weighted by Crippen LogP contribution is -1.97. The summed E-state index contributed by atoms with van der Waals surface area (Å²) in [5, 5.41) is 0. The molecule has 0 amide bonds. The number of aryl methyl sites for hydroxylation is 2. The van der Waals surface area contributed by atoms with Gasteiger partial charge in [0.25, 0.3) is 0 Å². The predicted molar refractivity (Wildman–Crippen MR) is 67.6 cm³/mol. The molecule has 0 saturated heterocycles. The molecule has 3 heteroatoms. The summed E-state index contributed by atoms with van der Waals surface area (Å²) in [7, 11) is 0. The minimum Gasteiger partial charge on any atom is -0.382 e. The lowest BCUT2D eigenvalue weighted by molar-refractivity contribution is 0.705. The van der Waals surface area contributed by atoms with Crippen molar-refractivity contribution in [2.75, 3.05) is 5.73 Å². The molecule has 0 aliphatic carbocycles. The van der Waals surface area contributed by atoms with E-state index in [1.54, 1.807) is 0 Å². The molecular formula is C13H19N3. The highest BCUT2D eigenvalue weighted by atomic mass is 15.1. The van der Waals surface area contributed by atoms with E-state index < -0.39 is 0 Å². The molecule has 0 spiro atoms. The highest BCUT2D eigenvalue weighted by Gasteiger charge is 2.09. The lowest BCUT2D eigenvalue weighted by atomic mass is 10.1. The molecular weight excluding hydrogens is 198 g/mol. The van der Waals surface area contributed by atoms with E-state index in [-0.39, 0.29) is 0 Å². The number of nitrogens with two attached hydrogens (primary N) is 1. The van der Waals surface area contributed by atoms with E-state index in [1.807, 2.05) is 12.3 Å². The normalized spacial score (nSPS) is 11.1. The predicted octanol–water partition coefficient (Wildman–Crippen LogP) is 2.96. The average molecular weight is 217 g/mol. The summed E-state index contributed by atoms with van der Waals surface area (Å²) in [6, 6.07) is 4.12. The third kappa shape index (κ3) is 1.90. The molecule has 0 fully saturated rings. The molecule has 2 N–H and O–H groups in total. The molecule has 0 aliphatic heterocycles. The van der Waals surface area contributed by atoms with Crippen LogP contribution in [0.1, 0.15) is 37.4 Å². The van der Waals surface area contributed by atoms with Gasteiger partial charge >= 0.3 is 0 Å². The summed E-state index contributed by atoms with van der Waals surface area (Å²) in [6.07, 6.45) is 6.73. The number of unbranched alkanes of at least 4 members (excludes halogenated alkanes) is 2. The maximum absolute atomic E-state index is 5.97. The van der Waals surface area contributed by atoms with E-state index in [0.29, 0.717) is 5.82 Å². The molecule has 0 unspecified atom stereocenters. The van der Waals surface area contributed by atoms with E-state index in [9.17, 15) is 0 Å². The van der Waals surface area contributed by atoms with Crippen molar-refractivity contribution in [3.05, 3.63) is 29.6 Å². The Morgan fingerprint density at radius 3 is 2.94 bits per heavy atom. The van der Waals surface area contributed by atoms with Crippen molar-refractivity contribution in [2.24, 2.45) is 0 Å². The van der Waals surface area contributed by atoms with Gasteiger partial charge in [-0.3, -0.25) is 0 Å². The van der Waals surface area contributed by atoms with E-state index in [0.717, 1.165) is 17.8 Å². The van der Waals surface area contributed by atoms with Gasteiger partial charge in [0, 0.05) is 6.20 Å². The number of aromatic nitrogens is 2. The Morgan fingerprint density at radius 1 is 1.38 bits per heavy atom. The van der Waals surface area contributed by atoms with Crippen molar-refractivity contribution in [3.63, 3.8) is 0 Å². The van der Waals surface area contributed by atoms with Gasteiger partial charge in [-0.2, -0.15) is 0 Å². The monoisotopic (exact) mass is 217 g/mol. The van der Waals surface area contributed by atoms with Crippen molar-refractivity contribution in [2.45, 2.75) is 39.5 Å². The first kappa shape index (κ1) is 11.0. The molecule has 86 valence electrons. The first-order valence-electron chi connectivity index (χ1n) is 5.96. The van der Waals surface area contributed by atoms with Crippen LogP contribution in [0.15, 0.2) is 18.3 Å². The fourth-order valence-corrected chi connectivity index (χ4v) is 2.06. The van der Waals surface area contributed by atoms with E-state index in [2.05, 4.69) is 29.3 Å².